The minimum atomic E-state index is -0.729. The van der Waals surface area contributed by atoms with Crippen LogP contribution < -0.4 is 5.73 Å². The Hall–Kier alpha value is -0.990. The van der Waals surface area contributed by atoms with Gasteiger partial charge in [-0.2, -0.15) is 0 Å². The number of carbonyl (C=O) groups excluding carboxylic acids is 1. The summed E-state index contributed by atoms with van der Waals surface area (Å²) in [5.74, 6) is 0.225. The molecule has 0 saturated heterocycles. The third-order valence-electron chi connectivity index (χ3n) is 2.10. The van der Waals surface area contributed by atoms with Gasteiger partial charge in [0.25, 0.3) is 0 Å². The number of ether oxygens (including phenoxy) is 1. The van der Waals surface area contributed by atoms with Crippen LogP contribution in [0.2, 0.25) is 0 Å². The molecule has 0 aromatic carbocycles. The highest BCUT2D eigenvalue weighted by Gasteiger charge is 2.30. The Morgan fingerprint density at radius 2 is 2.25 bits per heavy atom. The molecule has 0 fully saturated rings. The third kappa shape index (κ3) is 2.95. The SMILES string of the molecule is C=CCC(C)(OC(N)=O)C(C)C. The van der Waals surface area contributed by atoms with E-state index in [1.54, 1.807) is 6.08 Å². The molecule has 70 valence electrons. The first-order valence-corrected chi connectivity index (χ1v) is 4.01. The van der Waals surface area contributed by atoms with Crippen molar-refractivity contribution >= 4 is 6.09 Å². The minimum Gasteiger partial charge on any atom is -0.443 e. The fourth-order valence-corrected chi connectivity index (χ4v) is 0.912. The van der Waals surface area contributed by atoms with Crippen LogP contribution in [-0.4, -0.2) is 11.7 Å². The molecule has 1 atom stereocenters. The lowest BCUT2D eigenvalue weighted by atomic mass is 9.89. The predicted molar refractivity (Wildman–Crippen MR) is 48.7 cm³/mol. The summed E-state index contributed by atoms with van der Waals surface area (Å²) in [7, 11) is 0. The molecule has 0 saturated carbocycles. The lowest BCUT2D eigenvalue weighted by molar-refractivity contribution is -0.00223. The second-order valence-electron chi connectivity index (χ2n) is 3.38. The smallest absolute Gasteiger partial charge is 0.405 e. The van der Waals surface area contributed by atoms with Crippen molar-refractivity contribution in [3.63, 3.8) is 0 Å². The fourth-order valence-electron chi connectivity index (χ4n) is 0.912. The first-order valence-electron chi connectivity index (χ1n) is 4.01. The van der Waals surface area contributed by atoms with E-state index in [4.69, 9.17) is 10.5 Å². The van der Waals surface area contributed by atoms with Crippen molar-refractivity contribution in [3.8, 4) is 0 Å². The number of hydrogen-bond donors (Lipinski definition) is 1. The second-order valence-corrected chi connectivity index (χ2v) is 3.38. The van der Waals surface area contributed by atoms with Crippen LogP contribution in [0, 0.1) is 5.92 Å². The van der Waals surface area contributed by atoms with E-state index >= 15 is 0 Å². The molecule has 1 unspecified atom stereocenters. The van der Waals surface area contributed by atoms with E-state index in [-0.39, 0.29) is 5.92 Å². The molecule has 0 bridgehead atoms. The summed E-state index contributed by atoms with van der Waals surface area (Å²) in [6, 6.07) is 0. The number of primary amides is 1. The average Bonchev–Trinajstić information content (AvgIpc) is 1.85. The van der Waals surface area contributed by atoms with Crippen molar-refractivity contribution in [2.45, 2.75) is 32.8 Å². The average molecular weight is 171 g/mol. The van der Waals surface area contributed by atoms with Crippen molar-refractivity contribution in [2.75, 3.05) is 0 Å². The standard InChI is InChI=1S/C9H17NO2/c1-5-6-9(4,7(2)3)12-8(10)11/h5,7H,1,6H2,2-4H3,(H2,10,11). The second kappa shape index (κ2) is 4.14. The Bertz CT molecular complexity index is 177. The van der Waals surface area contributed by atoms with Crippen LogP contribution in [0.25, 0.3) is 0 Å². The monoisotopic (exact) mass is 171 g/mol. The Kier molecular flexibility index (Phi) is 3.80. The van der Waals surface area contributed by atoms with Gasteiger partial charge >= 0.3 is 6.09 Å². The molecule has 0 aliphatic rings. The zero-order valence-corrected chi connectivity index (χ0v) is 7.96. The lowest BCUT2D eigenvalue weighted by Crippen LogP contribution is -2.38. The first kappa shape index (κ1) is 11.0. The predicted octanol–water partition coefficient (Wildman–Crippen LogP) is 2.07. The molecule has 0 aliphatic heterocycles. The quantitative estimate of drug-likeness (QED) is 0.658. The summed E-state index contributed by atoms with van der Waals surface area (Å²) in [6.07, 6.45) is 1.62. The van der Waals surface area contributed by atoms with E-state index in [9.17, 15) is 4.79 Å². The maximum absolute atomic E-state index is 10.6. The molecule has 3 nitrogen and oxygen atoms in total. The molecule has 0 aromatic rings. The molecule has 0 rings (SSSR count). The van der Waals surface area contributed by atoms with Crippen LogP contribution >= 0.6 is 0 Å². The molecular formula is C9H17NO2. The molecule has 0 aliphatic carbocycles. The Morgan fingerprint density at radius 3 is 2.50 bits per heavy atom. The lowest BCUT2D eigenvalue weighted by Gasteiger charge is -2.31. The zero-order chi connectivity index (χ0) is 9.78. The van der Waals surface area contributed by atoms with Crippen molar-refractivity contribution < 1.29 is 9.53 Å². The van der Waals surface area contributed by atoms with Crippen molar-refractivity contribution in [1.29, 1.82) is 0 Å². The van der Waals surface area contributed by atoms with Gasteiger partial charge in [-0.05, 0) is 12.8 Å². The maximum Gasteiger partial charge on any atom is 0.405 e. The molecule has 12 heavy (non-hydrogen) atoms. The van der Waals surface area contributed by atoms with Crippen molar-refractivity contribution in [1.82, 2.24) is 0 Å². The first-order chi connectivity index (χ1) is 5.42. The minimum absolute atomic E-state index is 0.225. The van der Waals surface area contributed by atoms with E-state index in [0.717, 1.165) is 0 Å². The van der Waals surface area contributed by atoms with Gasteiger partial charge in [0.2, 0.25) is 0 Å². The van der Waals surface area contributed by atoms with E-state index in [2.05, 4.69) is 6.58 Å². The highest BCUT2D eigenvalue weighted by molar-refractivity contribution is 5.65. The Morgan fingerprint density at radius 1 is 1.75 bits per heavy atom. The molecule has 0 heterocycles. The van der Waals surface area contributed by atoms with E-state index in [1.165, 1.54) is 0 Å². The van der Waals surface area contributed by atoms with Gasteiger partial charge < -0.3 is 10.5 Å². The van der Waals surface area contributed by atoms with Gasteiger partial charge in [-0.25, -0.2) is 4.79 Å². The van der Waals surface area contributed by atoms with Gasteiger partial charge in [-0.15, -0.1) is 6.58 Å². The number of hydrogen-bond acceptors (Lipinski definition) is 2. The van der Waals surface area contributed by atoms with Crippen molar-refractivity contribution in [2.24, 2.45) is 11.7 Å². The van der Waals surface area contributed by atoms with Crippen LogP contribution in [0.1, 0.15) is 27.2 Å². The van der Waals surface area contributed by atoms with Crippen molar-refractivity contribution in [3.05, 3.63) is 12.7 Å². The van der Waals surface area contributed by atoms with Gasteiger partial charge in [0.15, 0.2) is 0 Å². The van der Waals surface area contributed by atoms with E-state index in [1.807, 2.05) is 20.8 Å². The summed E-state index contributed by atoms with van der Waals surface area (Å²) in [5.41, 5.74) is 4.43. The highest BCUT2D eigenvalue weighted by Crippen LogP contribution is 2.25. The summed E-state index contributed by atoms with van der Waals surface area (Å²) in [6.45, 7) is 9.41. The topological polar surface area (TPSA) is 52.3 Å². The molecule has 0 spiro atoms. The summed E-state index contributed by atoms with van der Waals surface area (Å²) < 4.78 is 5.01. The van der Waals surface area contributed by atoms with Crippen LogP contribution in [0.5, 0.6) is 0 Å². The highest BCUT2D eigenvalue weighted by atomic mass is 16.6. The molecule has 2 N–H and O–H groups in total. The van der Waals surface area contributed by atoms with Gasteiger partial charge in [0.05, 0.1) is 0 Å². The van der Waals surface area contributed by atoms with Gasteiger partial charge in [0.1, 0.15) is 5.60 Å². The Labute approximate surface area is 73.6 Å². The number of nitrogens with two attached hydrogens (primary N) is 1. The summed E-state index contributed by atoms with van der Waals surface area (Å²) in [5, 5.41) is 0. The van der Waals surface area contributed by atoms with Crippen LogP contribution in [0.15, 0.2) is 12.7 Å². The van der Waals surface area contributed by atoms with E-state index < -0.39 is 11.7 Å². The zero-order valence-electron chi connectivity index (χ0n) is 7.96. The third-order valence-corrected chi connectivity index (χ3v) is 2.10. The van der Waals surface area contributed by atoms with Gasteiger partial charge in [-0.3, -0.25) is 0 Å². The fraction of sp³-hybridized carbons (Fsp3) is 0.667. The molecule has 3 heteroatoms. The van der Waals surface area contributed by atoms with Gasteiger partial charge in [-0.1, -0.05) is 19.9 Å². The van der Waals surface area contributed by atoms with Crippen LogP contribution in [0.3, 0.4) is 0 Å². The Balaban J connectivity index is 4.37. The number of rotatable bonds is 4. The molecular weight excluding hydrogens is 154 g/mol. The van der Waals surface area contributed by atoms with Crippen LogP contribution in [0.4, 0.5) is 4.79 Å². The normalized spacial score (nSPS) is 15.3. The molecule has 0 aromatic heterocycles. The van der Waals surface area contributed by atoms with Gasteiger partial charge in [0, 0.05) is 6.42 Å². The van der Waals surface area contributed by atoms with E-state index in [0.29, 0.717) is 6.42 Å². The maximum atomic E-state index is 10.6. The molecule has 0 radical (unpaired) electrons. The van der Waals surface area contributed by atoms with Crippen LogP contribution in [-0.2, 0) is 4.74 Å². The largest absolute Gasteiger partial charge is 0.443 e. The molecule has 1 amide bonds. The number of carbonyl (C=O) groups is 1. The summed E-state index contributed by atoms with van der Waals surface area (Å²) >= 11 is 0. The number of amides is 1. The summed E-state index contributed by atoms with van der Waals surface area (Å²) in [4.78, 5) is 10.6.